The van der Waals surface area contributed by atoms with Crippen molar-refractivity contribution in [3.63, 3.8) is 0 Å². The fourth-order valence-corrected chi connectivity index (χ4v) is 1.85. The molecule has 0 atom stereocenters. The van der Waals surface area contributed by atoms with Crippen LogP contribution in [0.25, 0.3) is 0 Å². The topological polar surface area (TPSA) is 35.8 Å². The van der Waals surface area contributed by atoms with Crippen molar-refractivity contribution < 1.29 is 8.78 Å². The van der Waals surface area contributed by atoms with Crippen LogP contribution in [0, 0.1) is 29.9 Å². The van der Waals surface area contributed by atoms with E-state index >= 15 is 0 Å². The van der Waals surface area contributed by atoms with Gasteiger partial charge in [-0.05, 0) is 54.4 Å². The third-order valence-corrected chi connectivity index (χ3v) is 2.71. The van der Waals surface area contributed by atoms with Crippen LogP contribution < -0.4 is 5.32 Å². The summed E-state index contributed by atoms with van der Waals surface area (Å²) in [6.07, 6.45) is 0. The number of aryl methyl sites for hydroxylation is 1. The molecule has 0 aliphatic carbocycles. The number of rotatable bonds is 3. The largest absolute Gasteiger partial charge is 0.381 e. The Kier molecular flexibility index (Phi) is 3.76. The molecule has 0 unspecified atom stereocenters. The summed E-state index contributed by atoms with van der Waals surface area (Å²) < 4.78 is 26.4. The van der Waals surface area contributed by atoms with Crippen molar-refractivity contribution in [3.8, 4) is 6.07 Å². The molecule has 0 bridgehead atoms. The second-order valence-corrected chi connectivity index (χ2v) is 4.28. The molecule has 0 fully saturated rings. The van der Waals surface area contributed by atoms with Gasteiger partial charge in [0.15, 0.2) is 0 Å². The molecule has 0 aliphatic heterocycles. The lowest BCUT2D eigenvalue weighted by Gasteiger charge is -2.09. The van der Waals surface area contributed by atoms with E-state index < -0.39 is 5.82 Å². The molecule has 2 rings (SSSR count). The fourth-order valence-electron chi connectivity index (χ4n) is 1.85. The van der Waals surface area contributed by atoms with Crippen molar-refractivity contribution >= 4 is 5.69 Å². The maximum atomic E-state index is 13.2. The zero-order valence-corrected chi connectivity index (χ0v) is 10.4. The van der Waals surface area contributed by atoms with Crippen LogP contribution in [0.4, 0.5) is 14.5 Å². The van der Waals surface area contributed by atoms with E-state index in [0.29, 0.717) is 16.8 Å². The van der Waals surface area contributed by atoms with Crippen LogP contribution in [0.2, 0.25) is 0 Å². The van der Waals surface area contributed by atoms with Gasteiger partial charge in [-0.15, -0.1) is 0 Å². The Balaban J connectivity index is 2.19. The summed E-state index contributed by atoms with van der Waals surface area (Å²) in [5, 5.41) is 11.9. The number of nitriles is 1. The van der Waals surface area contributed by atoms with Crippen LogP contribution in [-0.2, 0) is 6.54 Å². The number of nitrogens with one attached hydrogen (secondary N) is 1. The molecule has 0 amide bonds. The maximum Gasteiger partial charge on any atom is 0.125 e. The van der Waals surface area contributed by atoms with E-state index in [1.807, 2.05) is 6.07 Å². The first kappa shape index (κ1) is 13.0. The van der Waals surface area contributed by atoms with Crippen LogP contribution in [0.1, 0.15) is 16.7 Å². The first-order valence-electron chi connectivity index (χ1n) is 5.78. The minimum Gasteiger partial charge on any atom is -0.381 e. The van der Waals surface area contributed by atoms with Crippen molar-refractivity contribution in [1.82, 2.24) is 0 Å². The van der Waals surface area contributed by atoms with Gasteiger partial charge in [0.05, 0.1) is 11.6 Å². The number of hydrogen-bond acceptors (Lipinski definition) is 2. The van der Waals surface area contributed by atoms with Crippen molar-refractivity contribution in [2.24, 2.45) is 0 Å². The standard InChI is InChI=1S/C15H12F2N2/c1-10-4-14(17)7-15(5-10)19-9-12-6-13(16)3-2-11(12)8-18/h2-7,19H,9H2,1H3. The molecule has 0 heterocycles. The molecule has 4 heteroatoms. The Bertz CT molecular complexity index is 625. The van der Waals surface area contributed by atoms with Gasteiger partial charge in [0.2, 0.25) is 0 Å². The second-order valence-electron chi connectivity index (χ2n) is 4.28. The number of benzene rings is 2. The highest BCUT2D eigenvalue weighted by Gasteiger charge is 2.04. The maximum absolute atomic E-state index is 13.2. The molecule has 0 aromatic heterocycles. The number of hydrogen-bond donors (Lipinski definition) is 1. The van der Waals surface area contributed by atoms with E-state index in [0.717, 1.165) is 5.56 Å². The molecule has 0 radical (unpaired) electrons. The first-order valence-corrected chi connectivity index (χ1v) is 5.78. The SMILES string of the molecule is Cc1cc(F)cc(NCc2cc(F)ccc2C#N)c1. The summed E-state index contributed by atoms with van der Waals surface area (Å²) in [4.78, 5) is 0. The number of halogens is 2. The van der Waals surface area contributed by atoms with Gasteiger partial charge in [0, 0.05) is 12.2 Å². The second kappa shape index (κ2) is 5.49. The molecule has 2 aromatic carbocycles. The average molecular weight is 258 g/mol. The number of anilines is 1. The van der Waals surface area contributed by atoms with Crippen LogP contribution in [0.5, 0.6) is 0 Å². The summed E-state index contributed by atoms with van der Waals surface area (Å²) in [5.41, 5.74) is 2.35. The quantitative estimate of drug-likeness (QED) is 0.909. The molecular weight excluding hydrogens is 246 g/mol. The lowest BCUT2D eigenvalue weighted by Crippen LogP contribution is -2.03. The molecule has 0 aliphatic rings. The summed E-state index contributed by atoms with van der Waals surface area (Å²) in [6.45, 7) is 2.06. The predicted octanol–water partition coefficient (Wildman–Crippen LogP) is 3.76. The monoisotopic (exact) mass is 258 g/mol. The van der Waals surface area contributed by atoms with Gasteiger partial charge in [-0.1, -0.05) is 0 Å². The van der Waals surface area contributed by atoms with Crippen LogP contribution in [0.15, 0.2) is 36.4 Å². The number of nitrogens with zero attached hydrogens (tertiary/aromatic N) is 1. The van der Waals surface area contributed by atoms with E-state index in [1.165, 1.54) is 30.3 Å². The molecule has 2 aromatic rings. The third-order valence-electron chi connectivity index (χ3n) is 2.71. The van der Waals surface area contributed by atoms with Crippen molar-refractivity contribution in [2.75, 3.05) is 5.32 Å². The lowest BCUT2D eigenvalue weighted by molar-refractivity contribution is 0.624. The Morgan fingerprint density at radius 2 is 1.89 bits per heavy atom. The molecule has 0 spiro atoms. The predicted molar refractivity (Wildman–Crippen MR) is 69.6 cm³/mol. The van der Waals surface area contributed by atoms with Gasteiger partial charge < -0.3 is 5.32 Å². The van der Waals surface area contributed by atoms with E-state index in [9.17, 15) is 8.78 Å². The lowest BCUT2D eigenvalue weighted by atomic mass is 10.1. The first-order chi connectivity index (χ1) is 9.08. The van der Waals surface area contributed by atoms with Gasteiger partial charge in [-0.2, -0.15) is 5.26 Å². The Morgan fingerprint density at radius 1 is 1.11 bits per heavy atom. The summed E-state index contributed by atoms with van der Waals surface area (Å²) >= 11 is 0. The van der Waals surface area contributed by atoms with Crippen LogP contribution >= 0.6 is 0 Å². The normalized spacial score (nSPS) is 10.0. The molecule has 96 valence electrons. The van der Waals surface area contributed by atoms with E-state index in [2.05, 4.69) is 5.32 Å². The van der Waals surface area contributed by atoms with Crippen LogP contribution in [-0.4, -0.2) is 0 Å². The van der Waals surface area contributed by atoms with Crippen molar-refractivity contribution in [3.05, 3.63) is 64.7 Å². The minimum absolute atomic E-state index is 0.267. The van der Waals surface area contributed by atoms with Gasteiger partial charge in [-0.25, -0.2) is 8.78 Å². The highest BCUT2D eigenvalue weighted by atomic mass is 19.1. The van der Waals surface area contributed by atoms with Gasteiger partial charge in [0.1, 0.15) is 11.6 Å². The summed E-state index contributed by atoms with van der Waals surface area (Å²) in [7, 11) is 0. The van der Waals surface area contributed by atoms with Crippen molar-refractivity contribution in [2.45, 2.75) is 13.5 Å². The highest BCUT2D eigenvalue weighted by Crippen LogP contribution is 2.16. The molecule has 0 saturated heterocycles. The molecule has 0 saturated carbocycles. The third kappa shape index (κ3) is 3.29. The van der Waals surface area contributed by atoms with Crippen LogP contribution in [0.3, 0.4) is 0 Å². The zero-order chi connectivity index (χ0) is 13.8. The molecule has 1 N–H and O–H groups in total. The van der Waals surface area contributed by atoms with Gasteiger partial charge >= 0.3 is 0 Å². The van der Waals surface area contributed by atoms with Gasteiger partial charge in [-0.3, -0.25) is 0 Å². The van der Waals surface area contributed by atoms with E-state index in [-0.39, 0.29) is 12.4 Å². The zero-order valence-electron chi connectivity index (χ0n) is 10.4. The van der Waals surface area contributed by atoms with E-state index in [4.69, 9.17) is 5.26 Å². The summed E-state index contributed by atoms with van der Waals surface area (Å²) in [5.74, 6) is -0.728. The molecular formula is C15H12F2N2. The van der Waals surface area contributed by atoms with Gasteiger partial charge in [0.25, 0.3) is 0 Å². The smallest absolute Gasteiger partial charge is 0.125 e. The minimum atomic E-state index is -0.397. The fraction of sp³-hybridized carbons (Fsp3) is 0.133. The Hall–Kier alpha value is -2.41. The average Bonchev–Trinajstić information content (AvgIpc) is 2.35. The Labute approximate surface area is 110 Å². The molecule has 19 heavy (non-hydrogen) atoms. The van der Waals surface area contributed by atoms with E-state index in [1.54, 1.807) is 13.0 Å². The Morgan fingerprint density at radius 3 is 2.58 bits per heavy atom. The van der Waals surface area contributed by atoms with Crippen molar-refractivity contribution in [1.29, 1.82) is 5.26 Å². The summed E-state index contributed by atoms with van der Waals surface area (Å²) in [6, 6.07) is 10.6. The highest BCUT2D eigenvalue weighted by molar-refractivity contribution is 5.48. The molecule has 2 nitrogen and oxygen atoms in total.